The molecule has 0 saturated heterocycles. The Morgan fingerprint density at radius 1 is 0.653 bits per heavy atom. The normalized spacial score (nSPS) is 11.9. The fraction of sp³-hybridized carbons (Fsp3) is 0.0303. The third-order valence-corrected chi connectivity index (χ3v) is 9.89. The van der Waals surface area contributed by atoms with Gasteiger partial charge in [-0.25, -0.2) is 24.7 Å². The maximum Gasteiger partial charge on any atom is 0.341 e. The Kier molecular flexibility index (Phi) is 6.71. The molecule has 7 aromatic rings. The molecule has 3 aromatic heterocycles. The monoisotopic (exact) mass is 726 g/mol. The Bertz CT molecular complexity index is 2780. The van der Waals surface area contributed by atoms with Crippen LogP contribution in [0.1, 0.15) is 0 Å². The van der Waals surface area contributed by atoms with Gasteiger partial charge >= 0.3 is 11.7 Å². The molecule has 0 fully saturated rings. The number of nitrogens with one attached hydrogen (secondary N) is 2. The van der Waals surface area contributed by atoms with Crippen LogP contribution in [0.4, 0.5) is 0 Å². The molecule has 0 amide bonds. The Balaban J connectivity index is 1.47. The molecule has 49 heavy (non-hydrogen) atoms. The zero-order valence-corrected chi connectivity index (χ0v) is 27.5. The third kappa shape index (κ3) is 4.67. The smallest absolute Gasteiger partial charge is 0.341 e. The maximum atomic E-state index is 11.2. The van der Waals surface area contributed by atoms with Crippen LogP contribution in [-0.4, -0.2) is 57.8 Å². The number of halogens is 4. The van der Waals surface area contributed by atoms with Crippen molar-refractivity contribution in [1.82, 2.24) is 40.1 Å². The molecular weight excluding hydrogens is 712 g/mol. The number of aromatic nitrogens is 9. The molecule has 2 aliphatic rings. The van der Waals surface area contributed by atoms with E-state index in [2.05, 4.69) is 9.97 Å². The van der Waals surface area contributed by atoms with Crippen LogP contribution in [0, 0.1) is 0 Å². The number of hydrogen-bond donors (Lipinski definition) is 3. The summed E-state index contributed by atoms with van der Waals surface area (Å²) in [5, 5.41) is 21.7. The SMILES string of the molecule is O=C(O)COc1ccc2c3nc4nc(nc5[nH]c(nc6n[n+](nc([nH]3)c2c1)-c1c(Cl)c(Cl)c(Cl)c(Cl)c1-6)c1ccccc51)-c1ccccc1-4. The summed E-state index contributed by atoms with van der Waals surface area (Å²) >= 11 is 26.7. The van der Waals surface area contributed by atoms with Crippen molar-refractivity contribution >= 4 is 96.5 Å². The van der Waals surface area contributed by atoms with Crippen molar-refractivity contribution in [3.63, 3.8) is 0 Å². The van der Waals surface area contributed by atoms with Crippen LogP contribution in [0.2, 0.25) is 20.1 Å². The van der Waals surface area contributed by atoms with Gasteiger partial charge in [-0.3, -0.25) is 0 Å². The molecule has 0 radical (unpaired) electrons. The van der Waals surface area contributed by atoms with Gasteiger partial charge in [0.15, 0.2) is 18.3 Å². The minimum atomic E-state index is -1.12. The van der Waals surface area contributed by atoms with E-state index in [1.54, 1.807) is 18.2 Å². The fourth-order valence-corrected chi connectivity index (χ4v) is 6.93. The van der Waals surface area contributed by atoms with Gasteiger partial charge < -0.3 is 19.8 Å². The van der Waals surface area contributed by atoms with E-state index in [9.17, 15) is 9.90 Å². The maximum absolute atomic E-state index is 11.2. The highest BCUT2D eigenvalue weighted by Gasteiger charge is 2.38. The minimum absolute atomic E-state index is 0.0159. The molecule has 2 aliphatic heterocycles. The van der Waals surface area contributed by atoms with Crippen molar-refractivity contribution in [3.05, 3.63) is 86.8 Å². The van der Waals surface area contributed by atoms with E-state index >= 15 is 0 Å². The Hall–Kier alpha value is -5.40. The standard InChI is InChI=1S/C33H15Cl4N9O3/c34-22-21-26(25(37)24(36)23(22)35)46-44-32-19-11-13(49-12-20(47)48)9-10-18(19)31(42-32)41-29-15-6-2-1-5-14(15)27(39-29)38-28-16-7-3-4-8-17(16)30(40-28)43-33(21)45-46/h1-11H,12H2,(H2,38,39,40,41,42,43,44,45,47,48)/p+1. The molecule has 5 heterocycles. The summed E-state index contributed by atoms with van der Waals surface area (Å²) in [5.41, 5.74) is 3.80. The van der Waals surface area contributed by atoms with Gasteiger partial charge in [-0.2, -0.15) is 0 Å². The van der Waals surface area contributed by atoms with Crippen molar-refractivity contribution in [2.45, 2.75) is 0 Å². The summed E-state index contributed by atoms with van der Waals surface area (Å²) in [5.74, 6) is 0.208. The first-order valence-corrected chi connectivity index (χ1v) is 16.0. The average Bonchev–Trinajstić information content (AvgIpc) is 3.84. The molecule has 3 N–H and O–H groups in total. The molecular formula is C33H16Cl4N9O3+. The van der Waals surface area contributed by atoms with Gasteiger partial charge in [0.1, 0.15) is 33.3 Å². The number of carbonyl (C=O) groups is 1. The lowest BCUT2D eigenvalue weighted by Gasteiger charge is -2.04. The Morgan fingerprint density at radius 3 is 1.88 bits per heavy atom. The summed E-state index contributed by atoms with van der Waals surface area (Å²) in [6.45, 7) is -0.535. The van der Waals surface area contributed by atoms with E-state index in [1.807, 2.05) is 48.5 Å². The number of nitrogens with zero attached hydrogens (tertiary/aromatic N) is 7. The first kappa shape index (κ1) is 29.7. The molecule has 8 bridgehead atoms. The molecule has 9 rings (SSSR count). The number of fused-ring (bicyclic) bond motifs is 20. The lowest BCUT2D eigenvalue weighted by Crippen LogP contribution is -2.36. The quantitative estimate of drug-likeness (QED) is 0.0948. The van der Waals surface area contributed by atoms with Gasteiger partial charge in [0.2, 0.25) is 11.5 Å². The third-order valence-electron chi connectivity index (χ3n) is 8.10. The van der Waals surface area contributed by atoms with Crippen molar-refractivity contribution in [2.24, 2.45) is 0 Å². The van der Waals surface area contributed by atoms with Crippen molar-refractivity contribution in [1.29, 1.82) is 0 Å². The van der Waals surface area contributed by atoms with E-state index < -0.39 is 12.6 Å². The predicted octanol–water partition coefficient (Wildman–Crippen LogP) is 7.56. The van der Waals surface area contributed by atoms with Crippen LogP contribution in [0.3, 0.4) is 0 Å². The summed E-state index contributed by atoms with van der Waals surface area (Å²) < 4.78 is 5.49. The Morgan fingerprint density at radius 2 is 1.22 bits per heavy atom. The lowest BCUT2D eigenvalue weighted by atomic mass is 10.1. The first-order valence-electron chi connectivity index (χ1n) is 14.5. The van der Waals surface area contributed by atoms with E-state index in [0.717, 1.165) is 21.9 Å². The molecule has 0 saturated carbocycles. The van der Waals surface area contributed by atoms with Crippen LogP contribution in [0.25, 0.3) is 84.0 Å². The van der Waals surface area contributed by atoms with Crippen LogP contribution in [0.5, 0.6) is 5.75 Å². The molecule has 0 unspecified atom stereocenters. The van der Waals surface area contributed by atoms with E-state index in [-0.39, 0.29) is 37.2 Å². The second kappa shape index (κ2) is 11.1. The first-order chi connectivity index (χ1) is 23.7. The van der Waals surface area contributed by atoms with Crippen LogP contribution in [-0.2, 0) is 4.79 Å². The fourth-order valence-electron chi connectivity index (χ4n) is 5.92. The highest BCUT2D eigenvalue weighted by molar-refractivity contribution is 6.53. The predicted molar refractivity (Wildman–Crippen MR) is 185 cm³/mol. The number of rotatable bonds is 3. The van der Waals surface area contributed by atoms with Crippen LogP contribution >= 0.6 is 46.4 Å². The van der Waals surface area contributed by atoms with E-state index in [1.165, 1.54) is 4.80 Å². The Labute approximate surface area is 293 Å². The highest BCUT2D eigenvalue weighted by Crippen LogP contribution is 2.46. The largest absolute Gasteiger partial charge is 0.482 e. The number of aromatic amines is 2. The summed E-state index contributed by atoms with van der Waals surface area (Å²) in [6.07, 6.45) is 0. The molecule has 0 spiro atoms. The van der Waals surface area contributed by atoms with Gasteiger partial charge in [0.05, 0.1) is 30.1 Å². The number of carboxylic acids is 1. The van der Waals surface area contributed by atoms with Gasteiger partial charge in [0.25, 0.3) is 0 Å². The summed E-state index contributed by atoms with van der Waals surface area (Å²) in [6, 6.07) is 20.4. The number of hydrogen-bond acceptors (Lipinski definition) is 8. The van der Waals surface area contributed by atoms with Gasteiger partial charge in [0, 0.05) is 32.7 Å². The van der Waals surface area contributed by atoms with Crippen LogP contribution in [0.15, 0.2) is 66.7 Å². The van der Waals surface area contributed by atoms with Gasteiger partial charge in [-0.05, 0) is 18.2 Å². The van der Waals surface area contributed by atoms with E-state index in [0.29, 0.717) is 50.7 Å². The zero-order chi connectivity index (χ0) is 33.6. The van der Waals surface area contributed by atoms with Crippen molar-refractivity contribution < 1.29 is 19.4 Å². The molecule has 16 heteroatoms. The van der Waals surface area contributed by atoms with Crippen molar-refractivity contribution in [3.8, 4) is 45.6 Å². The highest BCUT2D eigenvalue weighted by atomic mass is 35.5. The number of carboxylic acid groups (broad SMARTS) is 1. The number of aliphatic carboxylic acids is 1. The molecule has 238 valence electrons. The second-order valence-electron chi connectivity index (χ2n) is 11.0. The van der Waals surface area contributed by atoms with Gasteiger partial charge in [-0.1, -0.05) is 94.9 Å². The number of benzene rings is 4. The van der Waals surface area contributed by atoms with Crippen molar-refractivity contribution in [2.75, 3.05) is 6.61 Å². The lowest BCUT2D eigenvalue weighted by molar-refractivity contribution is -0.711. The van der Waals surface area contributed by atoms with E-state index in [4.69, 9.17) is 81.3 Å². The zero-order valence-electron chi connectivity index (χ0n) is 24.5. The molecule has 0 aliphatic carbocycles. The minimum Gasteiger partial charge on any atom is -0.482 e. The molecule has 12 nitrogen and oxygen atoms in total. The summed E-state index contributed by atoms with van der Waals surface area (Å²) in [7, 11) is 0. The molecule has 0 atom stereocenters. The molecule has 4 aromatic carbocycles. The number of ether oxygens (including phenoxy) is 1. The topological polar surface area (TPSA) is 159 Å². The van der Waals surface area contributed by atoms with Gasteiger partial charge in [-0.15, -0.1) is 0 Å². The second-order valence-corrected chi connectivity index (χ2v) is 12.5. The summed E-state index contributed by atoms with van der Waals surface area (Å²) in [4.78, 5) is 38.8. The average molecular weight is 728 g/mol. The van der Waals surface area contributed by atoms with Crippen LogP contribution < -0.4 is 9.53 Å². The number of H-pyrrole nitrogens is 2.